The summed E-state index contributed by atoms with van der Waals surface area (Å²) in [4.78, 5) is 30.1. The van der Waals surface area contributed by atoms with Crippen molar-refractivity contribution in [1.29, 1.82) is 0 Å². The van der Waals surface area contributed by atoms with Crippen LogP contribution in [0.25, 0.3) is 0 Å². The zero-order chi connectivity index (χ0) is 21.7. The summed E-state index contributed by atoms with van der Waals surface area (Å²) in [5.74, 6) is 0.683. The van der Waals surface area contributed by atoms with Gasteiger partial charge in [0.1, 0.15) is 18.4 Å². The quantitative estimate of drug-likeness (QED) is 0.767. The number of hydrogen-bond donors (Lipinski definition) is 1. The van der Waals surface area contributed by atoms with Crippen LogP contribution in [0.15, 0.2) is 24.3 Å². The largest absolute Gasteiger partial charge is 0.491 e. The molecule has 7 heteroatoms. The number of benzene rings is 1. The van der Waals surface area contributed by atoms with Crippen molar-refractivity contribution in [3.05, 3.63) is 29.8 Å². The van der Waals surface area contributed by atoms with Gasteiger partial charge in [0.15, 0.2) is 0 Å². The van der Waals surface area contributed by atoms with Crippen LogP contribution in [0.4, 0.5) is 0 Å². The molecule has 1 N–H and O–H groups in total. The maximum Gasteiger partial charge on any atom is 0.245 e. The lowest BCUT2D eigenvalue weighted by Gasteiger charge is -2.34. The molecule has 0 bridgehead atoms. The second-order valence-electron chi connectivity index (χ2n) is 8.74. The number of amides is 2. The summed E-state index contributed by atoms with van der Waals surface area (Å²) >= 11 is 0. The van der Waals surface area contributed by atoms with Crippen LogP contribution in [0.1, 0.15) is 38.2 Å². The van der Waals surface area contributed by atoms with Crippen molar-refractivity contribution in [3.63, 3.8) is 0 Å². The molecule has 1 aromatic rings. The molecule has 2 amide bonds. The van der Waals surface area contributed by atoms with Gasteiger partial charge in [-0.2, -0.15) is 0 Å². The third-order valence-corrected chi connectivity index (χ3v) is 6.15. The fraction of sp³-hybridized carbons (Fsp3) is 0.652. The van der Waals surface area contributed by atoms with Crippen LogP contribution in [0.3, 0.4) is 0 Å². The van der Waals surface area contributed by atoms with Gasteiger partial charge in [-0.05, 0) is 52.8 Å². The first kappa shape index (κ1) is 22.6. The average Bonchev–Trinajstić information content (AvgIpc) is 2.92. The first-order valence-electron chi connectivity index (χ1n) is 10.9. The molecule has 1 fully saturated rings. The van der Waals surface area contributed by atoms with Crippen molar-refractivity contribution in [2.45, 2.75) is 57.3 Å². The SMILES string of the molecule is COC1CCC(C(=O)NC(C)C(=O)N2Cc3ccccc3OCC2CN(C)C)CC1. The Balaban J connectivity index is 1.67. The van der Waals surface area contributed by atoms with Gasteiger partial charge in [0.25, 0.3) is 0 Å². The maximum atomic E-state index is 13.4. The third-order valence-electron chi connectivity index (χ3n) is 6.15. The third kappa shape index (κ3) is 5.52. The Morgan fingerprint density at radius 2 is 1.93 bits per heavy atom. The predicted octanol–water partition coefficient (Wildman–Crippen LogP) is 2.05. The van der Waals surface area contributed by atoms with Crippen molar-refractivity contribution in [1.82, 2.24) is 15.1 Å². The number of para-hydroxylation sites is 1. The molecule has 1 aliphatic carbocycles. The molecule has 0 radical (unpaired) electrons. The molecular weight excluding hydrogens is 382 g/mol. The minimum Gasteiger partial charge on any atom is -0.491 e. The van der Waals surface area contributed by atoms with E-state index in [0.717, 1.165) is 37.0 Å². The summed E-state index contributed by atoms with van der Waals surface area (Å²) in [5, 5.41) is 2.97. The van der Waals surface area contributed by atoms with Gasteiger partial charge < -0.3 is 24.6 Å². The van der Waals surface area contributed by atoms with E-state index in [1.807, 2.05) is 43.3 Å². The Bertz CT molecular complexity index is 731. The van der Waals surface area contributed by atoms with Gasteiger partial charge in [0.2, 0.25) is 11.8 Å². The van der Waals surface area contributed by atoms with Gasteiger partial charge in [-0.1, -0.05) is 18.2 Å². The second-order valence-corrected chi connectivity index (χ2v) is 8.74. The van der Waals surface area contributed by atoms with Gasteiger partial charge in [-0.15, -0.1) is 0 Å². The van der Waals surface area contributed by atoms with Crippen molar-refractivity contribution >= 4 is 11.8 Å². The summed E-state index contributed by atoms with van der Waals surface area (Å²) in [6, 6.07) is 7.17. The van der Waals surface area contributed by atoms with E-state index in [0.29, 0.717) is 19.7 Å². The summed E-state index contributed by atoms with van der Waals surface area (Å²) in [7, 11) is 5.70. The van der Waals surface area contributed by atoms with Gasteiger partial charge in [-0.25, -0.2) is 0 Å². The monoisotopic (exact) mass is 417 g/mol. The van der Waals surface area contributed by atoms with E-state index in [2.05, 4.69) is 10.2 Å². The first-order chi connectivity index (χ1) is 14.4. The number of methoxy groups -OCH3 is 1. The lowest BCUT2D eigenvalue weighted by atomic mass is 9.86. The van der Waals surface area contributed by atoms with Crippen LogP contribution >= 0.6 is 0 Å². The Kier molecular flexibility index (Phi) is 7.72. The molecule has 3 rings (SSSR count). The number of carbonyl (C=O) groups excluding carboxylic acids is 2. The molecule has 0 aromatic heterocycles. The summed E-state index contributed by atoms with van der Waals surface area (Å²) in [6.45, 7) is 3.39. The highest BCUT2D eigenvalue weighted by Crippen LogP contribution is 2.27. The van der Waals surface area contributed by atoms with Crippen molar-refractivity contribution < 1.29 is 19.1 Å². The Labute approximate surface area is 179 Å². The minimum atomic E-state index is -0.576. The normalized spacial score (nSPS) is 25.1. The fourth-order valence-corrected chi connectivity index (χ4v) is 4.40. The van der Waals surface area contributed by atoms with E-state index in [9.17, 15) is 9.59 Å². The lowest BCUT2D eigenvalue weighted by molar-refractivity contribution is -0.140. The highest BCUT2D eigenvalue weighted by Gasteiger charge is 2.33. The topological polar surface area (TPSA) is 71.1 Å². The number of nitrogens with zero attached hydrogens (tertiary/aromatic N) is 2. The van der Waals surface area contributed by atoms with Crippen LogP contribution in [0, 0.1) is 5.92 Å². The highest BCUT2D eigenvalue weighted by molar-refractivity contribution is 5.88. The van der Waals surface area contributed by atoms with Crippen molar-refractivity contribution in [2.24, 2.45) is 5.92 Å². The first-order valence-corrected chi connectivity index (χ1v) is 10.9. The van der Waals surface area contributed by atoms with E-state index in [-0.39, 0.29) is 29.9 Å². The molecule has 2 atom stereocenters. The second kappa shape index (κ2) is 10.3. The zero-order valence-electron chi connectivity index (χ0n) is 18.6. The summed E-state index contributed by atoms with van der Waals surface area (Å²) in [5.41, 5.74) is 0.989. The zero-order valence-corrected chi connectivity index (χ0v) is 18.6. The number of nitrogens with one attached hydrogen (secondary N) is 1. The molecule has 7 nitrogen and oxygen atoms in total. The van der Waals surface area contributed by atoms with E-state index >= 15 is 0 Å². The van der Waals surface area contributed by atoms with Crippen LogP contribution < -0.4 is 10.1 Å². The molecule has 2 unspecified atom stereocenters. The molecular formula is C23H35N3O4. The summed E-state index contributed by atoms with van der Waals surface area (Å²) < 4.78 is 11.4. The van der Waals surface area contributed by atoms with Crippen LogP contribution in [0.2, 0.25) is 0 Å². The number of likely N-dealkylation sites (N-methyl/N-ethyl adjacent to an activating group) is 1. The molecule has 1 aromatic carbocycles. The Hall–Kier alpha value is -2.12. The molecule has 1 aliphatic heterocycles. The lowest BCUT2D eigenvalue weighted by Crippen LogP contribution is -2.54. The molecule has 30 heavy (non-hydrogen) atoms. The highest BCUT2D eigenvalue weighted by atomic mass is 16.5. The van der Waals surface area contributed by atoms with E-state index in [4.69, 9.17) is 9.47 Å². The van der Waals surface area contributed by atoms with Crippen LogP contribution in [0.5, 0.6) is 5.75 Å². The number of ether oxygens (including phenoxy) is 2. The van der Waals surface area contributed by atoms with Gasteiger partial charge in [0.05, 0.1) is 12.1 Å². The number of rotatable bonds is 6. The Morgan fingerprint density at radius 1 is 1.23 bits per heavy atom. The predicted molar refractivity (Wildman–Crippen MR) is 115 cm³/mol. The molecule has 2 aliphatic rings. The van der Waals surface area contributed by atoms with Crippen LogP contribution in [-0.4, -0.2) is 74.2 Å². The maximum absolute atomic E-state index is 13.4. The standard InChI is InChI=1S/C23H35N3O4/c1-16(24-22(27)17-9-11-20(29-4)12-10-17)23(28)26-13-18-7-5-6-8-21(18)30-15-19(26)14-25(2)3/h5-8,16-17,19-20H,9-15H2,1-4H3,(H,24,27). The number of fused-ring (bicyclic) bond motifs is 1. The number of carbonyl (C=O) groups is 2. The minimum absolute atomic E-state index is 0.0268. The fourth-order valence-electron chi connectivity index (χ4n) is 4.40. The summed E-state index contributed by atoms with van der Waals surface area (Å²) in [6.07, 6.45) is 3.64. The molecule has 0 saturated heterocycles. The van der Waals surface area contributed by atoms with Crippen LogP contribution in [-0.2, 0) is 20.9 Å². The van der Waals surface area contributed by atoms with E-state index in [1.165, 1.54) is 0 Å². The Morgan fingerprint density at radius 3 is 2.60 bits per heavy atom. The number of hydrogen-bond acceptors (Lipinski definition) is 5. The van der Waals surface area contributed by atoms with Gasteiger partial charge >= 0.3 is 0 Å². The average molecular weight is 418 g/mol. The van der Waals surface area contributed by atoms with Gasteiger partial charge in [-0.3, -0.25) is 9.59 Å². The molecule has 166 valence electrons. The molecule has 0 spiro atoms. The molecule has 1 saturated carbocycles. The van der Waals surface area contributed by atoms with Gasteiger partial charge in [0, 0.05) is 31.7 Å². The van der Waals surface area contributed by atoms with Crippen molar-refractivity contribution in [2.75, 3.05) is 34.4 Å². The molecule has 1 heterocycles. The van der Waals surface area contributed by atoms with E-state index in [1.54, 1.807) is 14.0 Å². The van der Waals surface area contributed by atoms with E-state index < -0.39 is 6.04 Å². The smallest absolute Gasteiger partial charge is 0.245 e. The van der Waals surface area contributed by atoms with Crippen molar-refractivity contribution in [3.8, 4) is 5.75 Å².